The van der Waals surface area contributed by atoms with Crippen LogP contribution in [0.15, 0.2) is 24.3 Å². The van der Waals surface area contributed by atoms with Crippen LogP contribution in [0.25, 0.3) is 0 Å². The molecule has 0 bridgehead atoms. The molecule has 0 unspecified atom stereocenters. The molecule has 0 N–H and O–H groups in total. The van der Waals surface area contributed by atoms with E-state index < -0.39 is 0 Å². The van der Waals surface area contributed by atoms with Gasteiger partial charge in [0.05, 0.1) is 36.2 Å². The Morgan fingerprint density at radius 3 is 2.38 bits per heavy atom. The highest BCUT2D eigenvalue weighted by molar-refractivity contribution is 5.88. The second-order valence-electron chi connectivity index (χ2n) is 8.07. The van der Waals surface area contributed by atoms with Crippen LogP contribution in [0, 0.1) is 56.5 Å². The average molecular weight is 327 g/mol. The average Bonchev–Trinajstić information content (AvgIpc) is 2.61. The van der Waals surface area contributed by atoms with Crippen molar-refractivity contribution in [3.05, 3.63) is 39.9 Å². The molecule has 0 saturated heterocycles. The fourth-order valence-electron chi connectivity index (χ4n) is 7.77. The zero-order chi connectivity index (χ0) is 16.4. The Labute approximate surface area is 138 Å². The maximum Gasteiger partial charge on any atom is 0.312 e. The SMILES string of the molecule is COC(=O)C12C3C4C1C1C2C3C41COCc1ccccc1[N+](=O)[O-]. The Morgan fingerprint density at radius 1 is 1.17 bits per heavy atom. The molecule has 7 rings (SSSR count). The second kappa shape index (κ2) is 3.67. The molecule has 0 aromatic heterocycles. The van der Waals surface area contributed by atoms with E-state index in [9.17, 15) is 14.9 Å². The highest BCUT2D eigenvalue weighted by atomic mass is 16.6. The Bertz CT molecular complexity index is 764. The van der Waals surface area contributed by atoms with Gasteiger partial charge in [-0.05, 0) is 41.6 Å². The number of esters is 1. The third-order valence-corrected chi connectivity index (χ3v) is 8.17. The van der Waals surface area contributed by atoms with Crippen molar-refractivity contribution in [3.63, 3.8) is 0 Å². The maximum absolute atomic E-state index is 12.1. The zero-order valence-electron chi connectivity index (χ0n) is 13.2. The maximum atomic E-state index is 12.1. The molecular weight excluding hydrogens is 310 g/mol. The fourth-order valence-corrected chi connectivity index (χ4v) is 7.77. The van der Waals surface area contributed by atoms with Gasteiger partial charge in [-0.15, -0.1) is 0 Å². The van der Waals surface area contributed by atoms with Gasteiger partial charge >= 0.3 is 5.97 Å². The van der Waals surface area contributed by atoms with E-state index in [4.69, 9.17) is 9.47 Å². The van der Waals surface area contributed by atoms with Gasteiger partial charge in [0.2, 0.25) is 0 Å². The predicted molar refractivity (Wildman–Crippen MR) is 80.6 cm³/mol. The molecule has 0 radical (unpaired) electrons. The molecule has 6 fully saturated rings. The van der Waals surface area contributed by atoms with Gasteiger partial charge in [0, 0.05) is 11.5 Å². The van der Waals surface area contributed by atoms with Crippen LogP contribution in [0.2, 0.25) is 0 Å². The van der Waals surface area contributed by atoms with Crippen LogP contribution in [0.1, 0.15) is 5.56 Å². The standard InChI is InChI=1S/C18H17NO5/c1-23-16(20)18-13-10-14(18)12-15(18)11(13)17(10,12)7-24-6-8-4-2-3-5-9(8)19(21)22/h2-5,10-15H,6-7H2,1H3. The lowest BCUT2D eigenvalue weighted by Crippen LogP contribution is -3.11. The van der Waals surface area contributed by atoms with Gasteiger partial charge in [-0.1, -0.05) is 12.1 Å². The van der Waals surface area contributed by atoms with Crippen molar-refractivity contribution in [1.82, 2.24) is 0 Å². The first-order valence-electron chi connectivity index (χ1n) is 8.50. The topological polar surface area (TPSA) is 78.7 Å². The summed E-state index contributed by atoms with van der Waals surface area (Å²) in [6, 6.07) is 6.75. The molecule has 0 amide bonds. The first-order valence-corrected chi connectivity index (χ1v) is 8.50. The molecule has 6 saturated carbocycles. The quantitative estimate of drug-likeness (QED) is 0.454. The van der Waals surface area contributed by atoms with E-state index in [1.807, 2.05) is 0 Å². The molecule has 1 aromatic carbocycles. The van der Waals surface area contributed by atoms with E-state index in [1.54, 1.807) is 18.2 Å². The summed E-state index contributed by atoms with van der Waals surface area (Å²) < 4.78 is 11.0. The van der Waals surface area contributed by atoms with Crippen molar-refractivity contribution in [1.29, 1.82) is 0 Å². The molecule has 6 aliphatic rings. The highest BCUT2D eigenvalue weighted by Crippen LogP contribution is 3.10. The number of nitro groups is 1. The van der Waals surface area contributed by atoms with E-state index in [-0.39, 0.29) is 28.6 Å². The van der Waals surface area contributed by atoms with Gasteiger partial charge in [-0.25, -0.2) is 0 Å². The number of hydrogen-bond acceptors (Lipinski definition) is 5. The van der Waals surface area contributed by atoms with Crippen LogP contribution in [-0.2, 0) is 20.9 Å². The fraction of sp³-hybridized carbons (Fsp3) is 0.611. The molecular formula is C18H17NO5. The summed E-state index contributed by atoms with van der Waals surface area (Å²) in [6.07, 6.45) is 0. The first-order chi connectivity index (χ1) is 11.6. The number of carbonyl (C=O) groups excluding carboxylic acids is 1. The van der Waals surface area contributed by atoms with Crippen molar-refractivity contribution < 1.29 is 19.2 Å². The number of rotatable bonds is 6. The molecule has 6 aliphatic carbocycles. The van der Waals surface area contributed by atoms with Gasteiger partial charge < -0.3 is 9.47 Å². The summed E-state index contributed by atoms with van der Waals surface area (Å²) in [5, 5.41) is 11.1. The van der Waals surface area contributed by atoms with Crippen LogP contribution in [-0.4, -0.2) is 24.6 Å². The van der Waals surface area contributed by atoms with Crippen LogP contribution in [0.5, 0.6) is 0 Å². The van der Waals surface area contributed by atoms with E-state index in [2.05, 4.69) is 0 Å². The third kappa shape index (κ3) is 0.939. The van der Waals surface area contributed by atoms with Gasteiger partial charge in [0.1, 0.15) is 0 Å². The smallest absolute Gasteiger partial charge is 0.312 e. The highest BCUT2D eigenvalue weighted by Gasteiger charge is 3.11. The number of benzene rings is 1. The minimum absolute atomic E-state index is 0.0142. The van der Waals surface area contributed by atoms with Crippen LogP contribution < -0.4 is 0 Å². The van der Waals surface area contributed by atoms with Crippen molar-refractivity contribution in [2.45, 2.75) is 6.61 Å². The number of nitrogens with zero attached hydrogens (tertiary/aromatic N) is 1. The summed E-state index contributed by atoms with van der Waals surface area (Å²) in [4.78, 5) is 22.8. The van der Waals surface area contributed by atoms with Crippen molar-refractivity contribution in [2.24, 2.45) is 46.3 Å². The number of ether oxygens (including phenoxy) is 2. The Hall–Kier alpha value is -1.95. The molecule has 0 aliphatic heterocycles. The lowest BCUT2D eigenvalue weighted by molar-refractivity contribution is -0.647. The van der Waals surface area contributed by atoms with Crippen LogP contribution in [0.4, 0.5) is 5.69 Å². The first kappa shape index (κ1) is 13.4. The van der Waals surface area contributed by atoms with E-state index in [1.165, 1.54) is 13.2 Å². The second-order valence-corrected chi connectivity index (χ2v) is 8.07. The number of carbonyl (C=O) groups is 1. The summed E-state index contributed by atoms with van der Waals surface area (Å²) in [7, 11) is 1.50. The Balaban J connectivity index is 1.14. The summed E-state index contributed by atoms with van der Waals surface area (Å²) in [5.74, 6) is 3.56. The minimum Gasteiger partial charge on any atom is -0.469 e. The summed E-state index contributed by atoms with van der Waals surface area (Å²) >= 11 is 0. The molecule has 124 valence electrons. The van der Waals surface area contributed by atoms with Crippen LogP contribution >= 0.6 is 0 Å². The molecule has 0 heterocycles. The van der Waals surface area contributed by atoms with Crippen molar-refractivity contribution in [3.8, 4) is 0 Å². The van der Waals surface area contributed by atoms with Gasteiger partial charge in [-0.3, -0.25) is 14.9 Å². The molecule has 0 atom stereocenters. The van der Waals surface area contributed by atoms with Gasteiger partial charge in [0.25, 0.3) is 5.69 Å². The Kier molecular flexibility index (Phi) is 2.04. The largest absolute Gasteiger partial charge is 0.469 e. The van der Waals surface area contributed by atoms with E-state index in [0.717, 1.165) is 0 Å². The minimum atomic E-state index is -0.358. The lowest BCUT2D eigenvalue weighted by Gasteiger charge is -3.10. The zero-order valence-corrected chi connectivity index (χ0v) is 13.2. The number of hydrogen-bond donors (Lipinski definition) is 0. The molecule has 0 spiro atoms. The van der Waals surface area contributed by atoms with E-state index >= 15 is 0 Å². The van der Waals surface area contributed by atoms with Gasteiger partial charge in [0.15, 0.2) is 0 Å². The van der Waals surface area contributed by atoms with Crippen molar-refractivity contribution >= 4 is 11.7 Å². The molecule has 24 heavy (non-hydrogen) atoms. The monoisotopic (exact) mass is 327 g/mol. The predicted octanol–water partition coefficient (Wildman–Crippen LogP) is 2.02. The van der Waals surface area contributed by atoms with E-state index in [0.29, 0.717) is 53.1 Å². The summed E-state index contributed by atoms with van der Waals surface area (Å²) in [5.41, 5.74) is 0.940. The number of methoxy groups -OCH3 is 1. The lowest BCUT2D eigenvalue weighted by atomic mass is 8.92. The summed E-state index contributed by atoms with van der Waals surface area (Å²) in [6.45, 7) is 0.965. The molecule has 1 aromatic rings. The van der Waals surface area contributed by atoms with Gasteiger partial charge in [-0.2, -0.15) is 0 Å². The number of para-hydroxylation sites is 1. The Morgan fingerprint density at radius 2 is 1.79 bits per heavy atom. The molecule has 6 heteroatoms. The van der Waals surface area contributed by atoms with Crippen LogP contribution in [0.3, 0.4) is 0 Å². The number of nitro benzene ring substituents is 1. The normalized spacial score (nSPS) is 49.5. The molecule has 6 nitrogen and oxygen atoms in total. The third-order valence-electron chi connectivity index (χ3n) is 8.17. The van der Waals surface area contributed by atoms with Crippen molar-refractivity contribution in [2.75, 3.05) is 13.7 Å².